The number of carbonyl (C=O) groups excluding carboxylic acids is 1. The van der Waals surface area contributed by atoms with E-state index in [1.54, 1.807) is 7.11 Å². The Kier molecular flexibility index (Phi) is 6.44. The van der Waals surface area contributed by atoms with Gasteiger partial charge in [0.05, 0.1) is 17.3 Å². The zero-order valence-corrected chi connectivity index (χ0v) is 16.1. The van der Waals surface area contributed by atoms with E-state index in [0.717, 1.165) is 50.0 Å². The lowest BCUT2D eigenvalue weighted by Gasteiger charge is -2.37. The first-order valence-corrected chi connectivity index (χ1v) is 9.51. The second kappa shape index (κ2) is 8.58. The summed E-state index contributed by atoms with van der Waals surface area (Å²) in [6.07, 6.45) is 0.657. The number of likely N-dealkylation sites (tertiary alicyclic amines) is 1. The molecule has 0 aliphatic carbocycles. The van der Waals surface area contributed by atoms with Gasteiger partial charge in [0.1, 0.15) is 0 Å². The van der Waals surface area contributed by atoms with Crippen LogP contribution in [0.4, 0.5) is 5.69 Å². The van der Waals surface area contributed by atoms with E-state index in [1.807, 2.05) is 23.1 Å². The normalized spacial score (nSPS) is 22.0. The van der Waals surface area contributed by atoms with Gasteiger partial charge in [-0.05, 0) is 24.1 Å². The van der Waals surface area contributed by atoms with Crippen molar-refractivity contribution in [2.45, 2.75) is 6.42 Å². The van der Waals surface area contributed by atoms with E-state index in [0.29, 0.717) is 30.5 Å². The van der Waals surface area contributed by atoms with Crippen molar-refractivity contribution in [1.29, 1.82) is 0 Å². The van der Waals surface area contributed by atoms with Crippen molar-refractivity contribution < 1.29 is 9.53 Å². The fourth-order valence-electron chi connectivity index (χ4n) is 3.66. The molecule has 2 saturated heterocycles. The molecule has 3 rings (SSSR count). The number of halogens is 2. The zero-order chi connectivity index (χ0) is 17.8. The Morgan fingerprint density at radius 1 is 1.20 bits per heavy atom. The van der Waals surface area contributed by atoms with Crippen LogP contribution in [-0.2, 0) is 9.53 Å². The summed E-state index contributed by atoms with van der Waals surface area (Å²) in [6.45, 7) is 6.94. The molecule has 0 radical (unpaired) electrons. The van der Waals surface area contributed by atoms with Crippen LogP contribution in [0, 0.1) is 5.92 Å². The number of hydrogen-bond donors (Lipinski definition) is 0. The van der Waals surface area contributed by atoms with Gasteiger partial charge in [-0.3, -0.25) is 9.69 Å². The second-order valence-corrected chi connectivity index (χ2v) is 7.63. The van der Waals surface area contributed by atoms with Crippen molar-refractivity contribution >= 4 is 34.8 Å². The Morgan fingerprint density at radius 2 is 1.96 bits per heavy atom. The molecule has 138 valence electrons. The molecular formula is C18H25Cl2N3O2. The maximum atomic E-state index is 12.1. The topological polar surface area (TPSA) is 36.0 Å². The first-order valence-electron chi connectivity index (χ1n) is 8.76. The molecule has 0 unspecified atom stereocenters. The molecule has 0 aromatic heterocycles. The Balaban J connectivity index is 1.48. The molecule has 2 aliphatic rings. The highest BCUT2D eigenvalue weighted by Crippen LogP contribution is 2.30. The van der Waals surface area contributed by atoms with Crippen molar-refractivity contribution in [2.24, 2.45) is 5.92 Å². The molecule has 2 heterocycles. The largest absolute Gasteiger partial charge is 0.383 e. The summed E-state index contributed by atoms with van der Waals surface area (Å²) in [6, 6.07) is 5.60. The van der Waals surface area contributed by atoms with E-state index >= 15 is 0 Å². The third-order valence-corrected chi connectivity index (χ3v) is 5.55. The monoisotopic (exact) mass is 385 g/mol. The minimum atomic E-state index is 0.256. The number of hydrogen-bond acceptors (Lipinski definition) is 4. The molecule has 1 amide bonds. The first kappa shape index (κ1) is 18.8. The Labute approximate surface area is 159 Å². The zero-order valence-electron chi connectivity index (χ0n) is 14.6. The van der Waals surface area contributed by atoms with Gasteiger partial charge < -0.3 is 14.5 Å². The van der Waals surface area contributed by atoms with Gasteiger partial charge in [0.25, 0.3) is 0 Å². The van der Waals surface area contributed by atoms with Crippen LogP contribution >= 0.6 is 23.2 Å². The summed E-state index contributed by atoms with van der Waals surface area (Å²) in [5, 5.41) is 1.45. The van der Waals surface area contributed by atoms with Crippen molar-refractivity contribution in [1.82, 2.24) is 9.80 Å². The molecule has 2 fully saturated rings. The molecule has 5 nitrogen and oxygen atoms in total. The molecule has 1 atom stereocenters. The molecule has 0 bridgehead atoms. The highest BCUT2D eigenvalue weighted by molar-refractivity contribution is 6.35. The van der Waals surface area contributed by atoms with Gasteiger partial charge in [0.15, 0.2) is 0 Å². The molecule has 25 heavy (non-hydrogen) atoms. The quantitative estimate of drug-likeness (QED) is 0.753. The fraction of sp³-hybridized carbons (Fsp3) is 0.611. The van der Waals surface area contributed by atoms with Gasteiger partial charge in [-0.1, -0.05) is 23.2 Å². The van der Waals surface area contributed by atoms with Gasteiger partial charge in [-0.25, -0.2) is 0 Å². The van der Waals surface area contributed by atoms with Crippen LogP contribution in [0.15, 0.2) is 18.2 Å². The first-order chi connectivity index (χ1) is 12.1. The van der Waals surface area contributed by atoms with Crippen molar-refractivity contribution in [3.05, 3.63) is 28.2 Å². The van der Waals surface area contributed by atoms with Crippen LogP contribution in [0.2, 0.25) is 10.0 Å². The smallest absolute Gasteiger partial charge is 0.223 e. The van der Waals surface area contributed by atoms with Gasteiger partial charge >= 0.3 is 0 Å². The second-order valence-electron chi connectivity index (χ2n) is 6.79. The average molecular weight is 386 g/mol. The fourth-order valence-corrected chi connectivity index (χ4v) is 4.06. The third-order valence-electron chi connectivity index (χ3n) is 5.00. The van der Waals surface area contributed by atoms with Gasteiger partial charge in [0.2, 0.25) is 5.91 Å². The average Bonchev–Trinajstić information content (AvgIpc) is 2.95. The highest BCUT2D eigenvalue weighted by Gasteiger charge is 2.31. The summed E-state index contributed by atoms with van der Waals surface area (Å²) >= 11 is 12.4. The summed E-state index contributed by atoms with van der Waals surface area (Å²) in [5.41, 5.74) is 1.01. The van der Waals surface area contributed by atoms with E-state index < -0.39 is 0 Å². The van der Waals surface area contributed by atoms with E-state index in [9.17, 15) is 4.79 Å². The van der Waals surface area contributed by atoms with Crippen LogP contribution in [0.25, 0.3) is 0 Å². The van der Waals surface area contributed by atoms with E-state index in [-0.39, 0.29) is 5.91 Å². The highest BCUT2D eigenvalue weighted by atomic mass is 35.5. The van der Waals surface area contributed by atoms with Crippen LogP contribution in [-0.4, -0.2) is 75.2 Å². The molecule has 1 aromatic rings. The van der Waals surface area contributed by atoms with Crippen LogP contribution in [0.3, 0.4) is 0 Å². The SMILES string of the molecule is COCCN1C[C@H](CN2CCN(c3cc(Cl)ccc3Cl)CC2)CC1=O. The third kappa shape index (κ3) is 4.79. The maximum Gasteiger partial charge on any atom is 0.223 e. The van der Waals surface area contributed by atoms with E-state index in [2.05, 4.69) is 9.80 Å². The van der Waals surface area contributed by atoms with E-state index in [4.69, 9.17) is 27.9 Å². The Morgan fingerprint density at radius 3 is 2.68 bits per heavy atom. The number of methoxy groups -OCH3 is 1. The molecule has 0 spiro atoms. The Hall–Kier alpha value is -1.01. The van der Waals surface area contributed by atoms with Crippen molar-refractivity contribution in [3.8, 4) is 0 Å². The van der Waals surface area contributed by atoms with Gasteiger partial charge in [0, 0.05) is 64.4 Å². The summed E-state index contributed by atoms with van der Waals surface area (Å²) in [5.74, 6) is 0.678. The molecular weight excluding hydrogens is 361 g/mol. The standard InChI is InChI=1S/C18H25Cl2N3O2/c1-25-9-8-23-13-14(10-18(23)24)12-21-4-6-22(7-5-21)17-11-15(19)2-3-16(17)20/h2-3,11,14H,4-10,12-13H2,1H3/t14-/m0/s1. The lowest BCUT2D eigenvalue weighted by Crippen LogP contribution is -2.48. The number of ether oxygens (including phenoxy) is 1. The predicted octanol–water partition coefficient (Wildman–Crippen LogP) is 2.61. The number of anilines is 1. The number of benzene rings is 1. The van der Waals surface area contributed by atoms with E-state index in [1.165, 1.54) is 0 Å². The number of rotatable bonds is 6. The van der Waals surface area contributed by atoms with Crippen LogP contribution < -0.4 is 4.90 Å². The predicted molar refractivity (Wildman–Crippen MR) is 102 cm³/mol. The van der Waals surface area contributed by atoms with Crippen LogP contribution in [0.5, 0.6) is 0 Å². The molecule has 7 heteroatoms. The van der Waals surface area contributed by atoms with Gasteiger partial charge in [-0.2, -0.15) is 0 Å². The number of carbonyl (C=O) groups is 1. The Bertz CT molecular complexity index is 606. The summed E-state index contributed by atoms with van der Waals surface area (Å²) in [4.78, 5) is 18.7. The van der Waals surface area contributed by atoms with Crippen LogP contribution in [0.1, 0.15) is 6.42 Å². The lowest BCUT2D eigenvalue weighted by molar-refractivity contribution is -0.128. The minimum Gasteiger partial charge on any atom is -0.383 e. The summed E-state index contributed by atoms with van der Waals surface area (Å²) < 4.78 is 5.08. The lowest BCUT2D eigenvalue weighted by atomic mass is 10.1. The minimum absolute atomic E-state index is 0.256. The molecule has 0 N–H and O–H groups in total. The van der Waals surface area contributed by atoms with Crippen molar-refractivity contribution in [2.75, 3.05) is 64.4 Å². The van der Waals surface area contributed by atoms with Crippen molar-refractivity contribution in [3.63, 3.8) is 0 Å². The molecule has 2 aliphatic heterocycles. The summed E-state index contributed by atoms with van der Waals surface area (Å²) in [7, 11) is 1.67. The maximum absolute atomic E-state index is 12.1. The molecule has 0 saturated carbocycles. The number of piperazine rings is 1. The molecule has 1 aromatic carbocycles. The number of nitrogens with zero attached hydrogens (tertiary/aromatic N) is 3. The number of amides is 1. The van der Waals surface area contributed by atoms with Gasteiger partial charge in [-0.15, -0.1) is 0 Å².